The summed E-state index contributed by atoms with van der Waals surface area (Å²) in [5.41, 5.74) is 2.22. The number of fused-ring (bicyclic) bond motifs is 1. The zero-order valence-electron chi connectivity index (χ0n) is 9.65. The van der Waals surface area contributed by atoms with Crippen LogP contribution in [-0.4, -0.2) is 15.7 Å². The minimum atomic E-state index is -4.59. The van der Waals surface area contributed by atoms with E-state index in [1.54, 1.807) is 0 Å². The second-order valence-electron chi connectivity index (χ2n) is 3.58. The molecule has 0 fully saturated rings. The number of hydrazone groups is 1. The lowest BCUT2D eigenvalue weighted by Crippen LogP contribution is -2.06. The Bertz CT molecular complexity index is 743. The second kappa shape index (κ2) is 4.90. The minimum absolute atomic E-state index is 0.0128. The molecule has 0 saturated heterocycles. The Hall–Kier alpha value is -3.07. The van der Waals surface area contributed by atoms with Crippen molar-refractivity contribution >= 4 is 22.4 Å². The first-order valence-corrected chi connectivity index (χ1v) is 5.15. The molecule has 1 aromatic heterocycles. The van der Waals surface area contributed by atoms with E-state index in [2.05, 4.69) is 20.5 Å². The molecule has 0 saturated carbocycles. The van der Waals surface area contributed by atoms with Crippen LogP contribution < -0.4 is 5.43 Å². The van der Waals surface area contributed by atoms with Gasteiger partial charge in [-0.1, -0.05) is 6.07 Å². The predicted octanol–water partition coefficient (Wildman–Crippen LogP) is 2.40. The molecule has 2 aromatic rings. The molecule has 0 atom stereocenters. The Balaban J connectivity index is 2.46. The average Bonchev–Trinajstić information content (AvgIpc) is 2.84. The highest BCUT2D eigenvalue weighted by molar-refractivity contribution is 6.10. The average molecular weight is 278 g/mol. The molecule has 1 aromatic carbocycles. The van der Waals surface area contributed by atoms with E-state index in [9.17, 15) is 13.2 Å². The van der Waals surface area contributed by atoms with Gasteiger partial charge in [0.2, 0.25) is 11.5 Å². The molecule has 0 aliphatic heterocycles. The van der Waals surface area contributed by atoms with Gasteiger partial charge in [-0.15, -0.1) is 0 Å². The van der Waals surface area contributed by atoms with Crippen molar-refractivity contribution in [3.05, 3.63) is 24.0 Å². The van der Waals surface area contributed by atoms with Crippen molar-refractivity contribution in [2.45, 2.75) is 6.18 Å². The number of aromatic amines is 1. The van der Waals surface area contributed by atoms with Crippen LogP contribution in [0.2, 0.25) is 0 Å². The molecule has 0 bridgehead atoms. The van der Waals surface area contributed by atoms with E-state index in [1.807, 2.05) is 0 Å². The lowest BCUT2D eigenvalue weighted by molar-refractivity contribution is -0.144. The summed E-state index contributed by atoms with van der Waals surface area (Å²) in [7, 11) is 0. The molecule has 9 heteroatoms. The summed E-state index contributed by atoms with van der Waals surface area (Å²) < 4.78 is 37.7. The number of halogens is 3. The third-order valence-electron chi connectivity index (χ3n) is 2.28. The molecule has 2 rings (SSSR count). The summed E-state index contributed by atoms with van der Waals surface area (Å²) in [6.45, 7) is 0. The first-order valence-electron chi connectivity index (χ1n) is 5.15. The molecule has 0 radical (unpaired) electrons. The van der Waals surface area contributed by atoms with Crippen LogP contribution in [0.5, 0.6) is 0 Å². The van der Waals surface area contributed by atoms with Crippen molar-refractivity contribution in [3.63, 3.8) is 0 Å². The summed E-state index contributed by atoms with van der Waals surface area (Å²) in [5, 5.41) is 20.5. The highest BCUT2D eigenvalue weighted by atomic mass is 19.4. The van der Waals surface area contributed by atoms with Crippen LogP contribution in [0.4, 0.5) is 18.9 Å². The summed E-state index contributed by atoms with van der Waals surface area (Å²) in [5.74, 6) is -1.13. The number of alkyl halides is 3. The molecule has 1 heterocycles. The van der Waals surface area contributed by atoms with Gasteiger partial charge in [0.15, 0.2) is 0 Å². The van der Waals surface area contributed by atoms with Crippen LogP contribution in [0.15, 0.2) is 23.3 Å². The summed E-state index contributed by atoms with van der Waals surface area (Å²) >= 11 is 0. The summed E-state index contributed by atoms with van der Waals surface area (Å²) in [6, 6.07) is 7.37. The first-order chi connectivity index (χ1) is 9.45. The standard InChI is InChI=1S/C11H5F3N6/c12-11(13,14)10-17-7-2-1-3-8(9(7)18-10)20-19-6(4-15)5-16/h1-3,20H,(H,17,18). The van der Waals surface area contributed by atoms with Crippen LogP contribution >= 0.6 is 0 Å². The SMILES string of the molecule is N#CC(C#N)=NNc1cccc2[nH]c(C(F)(F)F)nc12. The van der Waals surface area contributed by atoms with Crippen molar-refractivity contribution < 1.29 is 13.2 Å². The molecule has 0 aliphatic carbocycles. The van der Waals surface area contributed by atoms with Crippen LogP contribution in [0.3, 0.4) is 0 Å². The molecule has 0 amide bonds. The number of hydrogen-bond donors (Lipinski definition) is 2. The molecule has 0 unspecified atom stereocenters. The van der Waals surface area contributed by atoms with Crippen LogP contribution in [-0.2, 0) is 6.18 Å². The third kappa shape index (κ3) is 2.52. The Morgan fingerprint density at radius 3 is 2.60 bits per heavy atom. The van der Waals surface area contributed by atoms with Crippen molar-refractivity contribution in [1.29, 1.82) is 10.5 Å². The minimum Gasteiger partial charge on any atom is -0.334 e. The van der Waals surface area contributed by atoms with Gasteiger partial charge in [0.1, 0.15) is 17.7 Å². The van der Waals surface area contributed by atoms with Gasteiger partial charge < -0.3 is 4.98 Å². The number of nitrogens with one attached hydrogen (secondary N) is 2. The van der Waals surface area contributed by atoms with Gasteiger partial charge in [0.05, 0.1) is 11.2 Å². The Morgan fingerprint density at radius 1 is 1.30 bits per heavy atom. The maximum Gasteiger partial charge on any atom is 0.449 e. The molecule has 2 N–H and O–H groups in total. The van der Waals surface area contributed by atoms with Crippen molar-refractivity contribution in [2.24, 2.45) is 5.10 Å². The zero-order chi connectivity index (χ0) is 14.8. The number of imidazole rings is 1. The second-order valence-corrected chi connectivity index (χ2v) is 3.58. The highest BCUT2D eigenvalue weighted by Gasteiger charge is 2.35. The van der Waals surface area contributed by atoms with Gasteiger partial charge in [-0.25, -0.2) is 4.98 Å². The number of benzene rings is 1. The highest BCUT2D eigenvalue weighted by Crippen LogP contribution is 2.30. The Morgan fingerprint density at radius 2 is 2.00 bits per heavy atom. The predicted molar refractivity (Wildman–Crippen MR) is 63.4 cm³/mol. The topological polar surface area (TPSA) is 101 Å². The Labute approximate surface area is 110 Å². The molecule has 6 nitrogen and oxygen atoms in total. The van der Waals surface area contributed by atoms with Gasteiger partial charge in [-0.2, -0.15) is 28.8 Å². The Kier molecular flexibility index (Phi) is 3.27. The third-order valence-corrected chi connectivity index (χ3v) is 2.28. The summed E-state index contributed by atoms with van der Waals surface area (Å²) in [6.07, 6.45) is -4.59. The molecule has 0 aliphatic rings. The van der Waals surface area contributed by atoms with Crippen LogP contribution in [0, 0.1) is 22.7 Å². The van der Waals surface area contributed by atoms with Gasteiger partial charge in [-0.05, 0) is 12.1 Å². The number of anilines is 1. The van der Waals surface area contributed by atoms with Crippen molar-refractivity contribution in [2.75, 3.05) is 5.43 Å². The molecular weight excluding hydrogens is 273 g/mol. The number of rotatable bonds is 2. The van der Waals surface area contributed by atoms with Gasteiger partial charge in [0.25, 0.3) is 0 Å². The number of H-pyrrole nitrogens is 1. The first kappa shape index (κ1) is 13.4. The fourth-order valence-corrected chi connectivity index (χ4v) is 1.45. The van der Waals surface area contributed by atoms with E-state index in [4.69, 9.17) is 10.5 Å². The summed E-state index contributed by atoms with van der Waals surface area (Å²) in [4.78, 5) is 5.57. The molecule has 100 valence electrons. The quantitative estimate of drug-likeness (QED) is 0.650. The monoisotopic (exact) mass is 278 g/mol. The van der Waals surface area contributed by atoms with Gasteiger partial charge >= 0.3 is 6.18 Å². The van der Waals surface area contributed by atoms with Crippen molar-refractivity contribution in [3.8, 4) is 12.1 Å². The zero-order valence-corrected chi connectivity index (χ0v) is 9.65. The molecule has 20 heavy (non-hydrogen) atoms. The van der Waals surface area contributed by atoms with E-state index in [0.717, 1.165) is 0 Å². The maximum absolute atomic E-state index is 12.6. The number of aromatic nitrogens is 2. The largest absolute Gasteiger partial charge is 0.449 e. The number of hydrogen-bond acceptors (Lipinski definition) is 5. The lowest BCUT2D eigenvalue weighted by atomic mass is 10.3. The van der Waals surface area contributed by atoms with E-state index in [-0.39, 0.29) is 16.7 Å². The fraction of sp³-hybridized carbons (Fsp3) is 0.0909. The van der Waals surface area contributed by atoms with Crippen LogP contribution in [0.1, 0.15) is 5.82 Å². The van der Waals surface area contributed by atoms with E-state index >= 15 is 0 Å². The van der Waals surface area contributed by atoms with Gasteiger partial charge in [0, 0.05) is 0 Å². The fourth-order valence-electron chi connectivity index (χ4n) is 1.45. The lowest BCUT2D eigenvalue weighted by Gasteiger charge is -2.00. The van der Waals surface area contributed by atoms with E-state index in [0.29, 0.717) is 0 Å². The number of nitriles is 2. The maximum atomic E-state index is 12.6. The van der Waals surface area contributed by atoms with E-state index < -0.39 is 17.7 Å². The van der Waals surface area contributed by atoms with Crippen LogP contribution in [0.25, 0.3) is 11.0 Å². The number of nitrogens with zero attached hydrogens (tertiary/aromatic N) is 4. The molecular formula is C11H5F3N6. The van der Waals surface area contributed by atoms with E-state index in [1.165, 1.54) is 30.3 Å². The number of para-hydroxylation sites is 1. The smallest absolute Gasteiger partial charge is 0.334 e. The molecule has 0 spiro atoms. The van der Waals surface area contributed by atoms with Crippen molar-refractivity contribution in [1.82, 2.24) is 9.97 Å². The van der Waals surface area contributed by atoms with Gasteiger partial charge in [-0.3, -0.25) is 5.43 Å². The normalized spacial score (nSPS) is 10.7.